The van der Waals surface area contributed by atoms with Crippen LogP contribution in [-0.4, -0.2) is 39.4 Å². The maximum Gasteiger partial charge on any atom is 0.287 e. The Morgan fingerprint density at radius 1 is 1.65 bits per heavy atom. The number of aromatic nitrogens is 1. The second-order valence-corrected chi connectivity index (χ2v) is 4.10. The second-order valence-electron chi connectivity index (χ2n) is 4.10. The van der Waals surface area contributed by atoms with Crippen LogP contribution in [0.5, 0.6) is 0 Å². The molecule has 2 rings (SSSR count). The van der Waals surface area contributed by atoms with Crippen LogP contribution in [0.4, 0.5) is 5.69 Å². The minimum atomic E-state index is -0.495. The van der Waals surface area contributed by atoms with Crippen molar-refractivity contribution in [3.8, 4) is 0 Å². The summed E-state index contributed by atoms with van der Waals surface area (Å²) < 4.78 is 1.59. The van der Waals surface area contributed by atoms with Gasteiger partial charge in [0.05, 0.1) is 11.1 Å². The van der Waals surface area contributed by atoms with E-state index < -0.39 is 4.92 Å². The van der Waals surface area contributed by atoms with Crippen molar-refractivity contribution < 1.29 is 9.72 Å². The zero-order valence-corrected chi connectivity index (χ0v) is 9.50. The largest absolute Gasteiger partial charge is 0.337 e. The number of nitrogens with two attached hydrogens (primary N) is 1. The van der Waals surface area contributed by atoms with Crippen LogP contribution < -0.4 is 5.73 Å². The molecule has 2 N–H and O–H groups in total. The van der Waals surface area contributed by atoms with E-state index in [1.54, 1.807) is 9.47 Å². The quantitative estimate of drug-likeness (QED) is 0.601. The van der Waals surface area contributed by atoms with E-state index in [4.69, 9.17) is 5.73 Å². The Morgan fingerprint density at radius 3 is 2.76 bits per heavy atom. The first-order valence-electron chi connectivity index (χ1n) is 5.42. The van der Waals surface area contributed by atoms with Crippen molar-refractivity contribution in [2.75, 3.05) is 13.1 Å². The number of hydrogen-bond acceptors (Lipinski definition) is 4. The maximum atomic E-state index is 12.0. The van der Waals surface area contributed by atoms with Crippen molar-refractivity contribution >= 4 is 11.6 Å². The summed E-state index contributed by atoms with van der Waals surface area (Å²) in [6, 6.07) is 1.34. The molecule has 0 aliphatic carbocycles. The molecule has 7 nitrogen and oxygen atoms in total. The number of carbonyl (C=O) groups excluding carboxylic acids is 1. The highest BCUT2D eigenvalue weighted by atomic mass is 16.6. The highest BCUT2D eigenvalue weighted by Crippen LogP contribution is 2.20. The predicted molar refractivity (Wildman–Crippen MR) is 60.6 cm³/mol. The topological polar surface area (TPSA) is 94.4 Å². The summed E-state index contributed by atoms with van der Waals surface area (Å²) in [6.45, 7) is 3.39. The third-order valence-electron chi connectivity index (χ3n) is 2.85. The molecule has 1 aliphatic rings. The van der Waals surface area contributed by atoms with E-state index >= 15 is 0 Å². The highest BCUT2D eigenvalue weighted by Gasteiger charge is 2.31. The third kappa shape index (κ3) is 2.01. The molecule has 7 heteroatoms. The number of carbonyl (C=O) groups is 1. The lowest BCUT2D eigenvalue weighted by molar-refractivity contribution is -0.384. The van der Waals surface area contributed by atoms with E-state index in [2.05, 4.69) is 0 Å². The van der Waals surface area contributed by atoms with Crippen molar-refractivity contribution in [1.82, 2.24) is 9.47 Å². The average Bonchev–Trinajstić information content (AvgIpc) is 2.67. The van der Waals surface area contributed by atoms with Crippen LogP contribution in [0.3, 0.4) is 0 Å². The number of nitro groups is 1. The van der Waals surface area contributed by atoms with Gasteiger partial charge >= 0.3 is 0 Å². The fourth-order valence-electron chi connectivity index (χ4n) is 1.88. The van der Waals surface area contributed by atoms with E-state index in [1.807, 2.05) is 6.92 Å². The predicted octanol–water partition coefficient (Wildman–Crippen LogP) is 0.199. The lowest BCUT2D eigenvalue weighted by atomic mass is 10.1. The van der Waals surface area contributed by atoms with Gasteiger partial charge in [0.15, 0.2) is 0 Å². The van der Waals surface area contributed by atoms with Crippen molar-refractivity contribution in [1.29, 1.82) is 0 Å². The molecule has 0 radical (unpaired) electrons. The average molecular weight is 238 g/mol. The monoisotopic (exact) mass is 238 g/mol. The number of amides is 1. The van der Waals surface area contributed by atoms with E-state index in [0.29, 0.717) is 25.3 Å². The molecule has 0 saturated carbocycles. The molecule has 92 valence electrons. The number of rotatable bonds is 3. The Hall–Kier alpha value is -1.89. The molecule has 1 aliphatic heterocycles. The van der Waals surface area contributed by atoms with Gasteiger partial charge in [0.25, 0.3) is 11.6 Å². The number of nitrogens with zero attached hydrogens (tertiary/aromatic N) is 3. The van der Waals surface area contributed by atoms with Crippen molar-refractivity contribution in [2.24, 2.45) is 5.73 Å². The number of likely N-dealkylation sites (tertiary alicyclic amines) is 1. The van der Waals surface area contributed by atoms with Crippen LogP contribution >= 0.6 is 0 Å². The summed E-state index contributed by atoms with van der Waals surface area (Å²) in [6.07, 6.45) is 1.38. The van der Waals surface area contributed by atoms with Crippen LogP contribution in [0.2, 0.25) is 0 Å². The van der Waals surface area contributed by atoms with Gasteiger partial charge in [-0.05, 0) is 6.92 Å². The van der Waals surface area contributed by atoms with Gasteiger partial charge in [-0.3, -0.25) is 14.9 Å². The standard InChI is InChI=1S/C10H14N4O3/c1-2-12-6-8(14(16)17)3-9(12)10(15)13-4-7(11)5-13/h3,6-7H,2,4-5,11H2,1H3. The lowest BCUT2D eigenvalue weighted by Crippen LogP contribution is -2.58. The molecule has 1 saturated heterocycles. The molecule has 1 aromatic heterocycles. The van der Waals surface area contributed by atoms with Gasteiger partial charge in [-0.15, -0.1) is 0 Å². The molecule has 1 fully saturated rings. The SMILES string of the molecule is CCn1cc([N+](=O)[O-])cc1C(=O)N1CC(N)C1. The summed E-state index contributed by atoms with van der Waals surface area (Å²) in [5, 5.41) is 10.7. The van der Waals surface area contributed by atoms with Gasteiger partial charge in [0.1, 0.15) is 5.69 Å². The van der Waals surface area contributed by atoms with Gasteiger partial charge in [-0.2, -0.15) is 0 Å². The van der Waals surface area contributed by atoms with Crippen molar-refractivity contribution in [3.05, 3.63) is 28.1 Å². The first-order chi connectivity index (χ1) is 8.02. The smallest absolute Gasteiger partial charge is 0.287 e. The molecule has 0 aromatic carbocycles. The summed E-state index contributed by atoms with van der Waals surface area (Å²) in [5.41, 5.74) is 5.90. The van der Waals surface area contributed by atoms with Gasteiger partial charge < -0.3 is 15.2 Å². The Labute approximate surface area is 97.9 Å². The molecule has 0 bridgehead atoms. The Kier molecular flexibility index (Phi) is 2.84. The number of aryl methyl sites for hydroxylation is 1. The molecule has 17 heavy (non-hydrogen) atoms. The highest BCUT2D eigenvalue weighted by molar-refractivity contribution is 5.94. The molecule has 2 heterocycles. The lowest BCUT2D eigenvalue weighted by Gasteiger charge is -2.36. The normalized spacial score (nSPS) is 15.8. The molecule has 0 atom stereocenters. The molecule has 0 spiro atoms. The third-order valence-corrected chi connectivity index (χ3v) is 2.85. The minimum Gasteiger partial charge on any atom is -0.337 e. The van der Waals surface area contributed by atoms with E-state index in [0.717, 1.165) is 0 Å². The van der Waals surface area contributed by atoms with Crippen LogP contribution in [0.1, 0.15) is 17.4 Å². The van der Waals surface area contributed by atoms with E-state index in [-0.39, 0.29) is 17.6 Å². The maximum absolute atomic E-state index is 12.0. The van der Waals surface area contributed by atoms with Gasteiger partial charge in [-0.25, -0.2) is 0 Å². The first kappa shape index (κ1) is 11.6. The fourth-order valence-corrected chi connectivity index (χ4v) is 1.88. The summed E-state index contributed by atoms with van der Waals surface area (Å²) in [4.78, 5) is 23.8. The Balaban J connectivity index is 2.24. The van der Waals surface area contributed by atoms with Crippen LogP contribution in [0.25, 0.3) is 0 Å². The van der Waals surface area contributed by atoms with Crippen molar-refractivity contribution in [2.45, 2.75) is 19.5 Å². The van der Waals surface area contributed by atoms with Crippen LogP contribution in [0, 0.1) is 10.1 Å². The van der Waals surface area contributed by atoms with Crippen LogP contribution in [0.15, 0.2) is 12.3 Å². The van der Waals surface area contributed by atoms with Gasteiger partial charge in [-0.1, -0.05) is 0 Å². The minimum absolute atomic E-state index is 0.0268. The Bertz CT molecular complexity index is 462. The van der Waals surface area contributed by atoms with E-state index in [1.165, 1.54) is 12.3 Å². The van der Waals surface area contributed by atoms with E-state index in [9.17, 15) is 14.9 Å². The fraction of sp³-hybridized carbons (Fsp3) is 0.500. The summed E-state index contributed by atoms with van der Waals surface area (Å²) in [7, 11) is 0. The molecule has 1 aromatic rings. The Morgan fingerprint density at radius 2 is 2.29 bits per heavy atom. The van der Waals surface area contributed by atoms with Crippen molar-refractivity contribution in [3.63, 3.8) is 0 Å². The van der Waals surface area contributed by atoms with Gasteiger partial charge in [0.2, 0.25) is 0 Å². The molecular formula is C10H14N4O3. The summed E-state index contributed by atoms with van der Waals surface area (Å²) >= 11 is 0. The first-order valence-corrected chi connectivity index (χ1v) is 5.42. The molecule has 1 amide bonds. The molecule has 0 unspecified atom stereocenters. The number of hydrogen-bond donors (Lipinski definition) is 1. The molecular weight excluding hydrogens is 224 g/mol. The summed E-state index contributed by atoms with van der Waals surface area (Å²) in [5.74, 6) is -0.193. The van der Waals surface area contributed by atoms with Crippen LogP contribution in [-0.2, 0) is 6.54 Å². The second kappa shape index (κ2) is 4.17. The zero-order chi connectivity index (χ0) is 12.6. The van der Waals surface area contributed by atoms with Gasteiger partial charge in [0, 0.05) is 31.7 Å². The zero-order valence-electron chi connectivity index (χ0n) is 9.50.